The highest BCUT2D eigenvalue weighted by Crippen LogP contribution is 2.27. The molecule has 5 nitrogen and oxygen atoms in total. The molecule has 1 aliphatic rings. The summed E-state index contributed by atoms with van der Waals surface area (Å²) >= 11 is 5.89. The summed E-state index contributed by atoms with van der Waals surface area (Å²) in [6.45, 7) is 2.93. The number of phenolic OH excluding ortho intramolecular Hbond substituents is 1. The molecule has 0 unspecified atom stereocenters. The first-order valence-electron chi connectivity index (χ1n) is 5.45. The van der Waals surface area contributed by atoms with E-state index in [1.807, 2.05) is 0 Å². The van der Waals surface area contributed by atoms with E-state index in [1.54, 1.807) is 0 Å². The summed E-state index contributed by atoms with van der Waals surface area (Å²) in [6, 6.07) is 4.17. The summed E-state index contributed by atoms with van der Waals surface area (Å²) in [4.78, 5) is 23.4. The van der Waals surface area contributed by atoms with E-state index in [0.29, 0.717) is 5.56 Å². The predicted octanol–water partition coefficient (Wildman–Crippen LogP) is 2.27. The minimum atomic E-state index is -1.27. The Kier molecular flexibility index (Phi) is 3.24. The number of rotatable bonds is 1. The maximum atomic E-state index is 11.7. The first-order chi connectivity index (χ1) is 8.78. The van der Waals surface area contributed by atoms with Gasteiger partial charge in [0.25, 0.3) is 5.79 Å². The SMILES string of the molecule is CC1(C)OC(=O)C(=Cc2ccc(O)cc2Cl)C(=O)O1. The zero-order valence-electron chi connectivity index (χ0n) is 10.3. The minimum Gasteiger partial charge on any atom is -0.508 e. The largest absolute Gasteiger partial charge is 0.508 e. The molecule has 0 bridgehead atoms. The average molecular weight is 283 g/mol. The van der Waals surface area contributed by atoms with Crippen LogP contribution in [0.4, 0.5) is 0 Å². The van der Waals surface area contributed by atoms with Gasteiger partial charge >= 0.3 is 11.9 Å². The van der Waals surface area contributed by atoms with E-state index in [0.717, 1.165) is 0 Å². The Balaban J connectivity index is 2.38. The molecule has 0 amide bonds. The van der Waals surface area contributed by atoms with E-state index >= 15 is 0 Å². The van der Waals surface area contributed by atoms with Gasteiger partial charge < -0.3 is 14.6 Å². The smallest absolute Gasteiger partial charge is 0.348 e. The maximum Gasteiger partial charge on any atom is 0.348 e. The van der Waals surface area contributed by atoms with Crippen LogP contribution in [0.5, 0.6) is 5.75 Å². The lowest BCUT2D eigenvalue weighted by molar-refractivity contribution is -0.222. The van der Waals surface area contributed by atoms with Crippen molar-refractivity contribution in [1.29, 1.82) is 0 Å². The summed E-state index contributed by atoms with van der Waals surface area (Å²) in [6.07, 6.45) is 1.27. The fourth-order valence-corrected chi connectivity index (χ4v) is 1.80. The minimum absolute atomic E-state index is 0.0120. The second-order valence-electron chi connectivity index (χ2n) is 4.44. The molecule has 1 saturated heterocycles. The van der Waals surface area contributed by atoms with Crippen LogP contribution in [0.3, 0.4) is 0 Å². The zero-order valence-corrected chi connectivity index (χ0v) is 11.0. The van der Waals surface area contributed by atoms with Gasteiger partial charge in [0.2, 0.25) is 0 Å². The highest BCUT2D eigenvalue weighted by Gasteiger charge is 2.38. The number of hydrogen-bond donors (Lipinski definition) is 1. The summed E-state index contributed by atoms with van der Waals surface area (Å²) in [5.41, 5.74) is 0.162. The Morgan fingerprint density at radius 1 is 1.21 bits per heavy atom. The molecule has 1 heterocycles. The molecule has 2 rings (SSSR count). The van der Waals surface area contributed by atoms with Crippen molar-refractivity contribution in [2.24, 2.45) is 0 Å². The van der Waals surface area contributed by atoms with Crippen molar-refractivity contribution < 1.29 is 24.2 Å². The molecule has 1 aliphatic heterocycles. The van der Waals surface area contributed by atoms with Crippen LogP contribution in [0.1, 0.15) is 19.4 Å². The van der Waals surface area contributed by atoms with E-state index in [-0.39, 0.29) is 16.3 Å². The van der Waals surface area contributed by atoms with E-state index in [9.17, 15) is 14.7 Å². The summed E-state index contributed by atoms with van der Waals surface area (Å²) in [5.74, 6) is -2.83. The molecular weight excluding hydrogens is 272 g/mol. The molecule has 0 atom stereocenters. The standard InChI is InChI=1S/C13H11ClO5/c1-13(2)18-11(16)9(12(17)19-13)5-7-3-4-8(15)6-10(7)14/h3-6,15H,1-2H3. The second-order valence-corrected chi connectivity index (χ2v) is 4.85. The number of carbonyl (C=O) groups is 2. The van der Waals surface area contributed by atoms with E-state index in [2.05, 4.69) is 0 Å². The fourth-order valence-electron chi connectivity index (χ4n) is 1.57. The van der Waals surface area contributed by atoms with Crippen molar-refractivity contribution in [2.45, 2.75) is 19.6 Å². The monoisotopic (exact) mass is 282 g/mol. The van der Waals surface area contributed by atoms with Gasteiger partial charge in [-0.15, -0.1) is 0 Å². The number of hydrogen-bond acceptors (Lipinski definition) is 5. The van der Waals surface area contributed by atoms with Gasteiger partial charge in [-0.05, 0) is 29.8 Å². The van der Waals surface area contributed by atoms with Gasteiger partial charge in [0, 0.05) is 13.8 Å². The average Bonchev–Trinajstić information content (AvgIpc) is 2.24. The van der Waals surface area contributed by atoms with E-state index < -0.39 is 17.7 Å². The second kappa shape index (κ2) is 4.59. The van der Waals surface area contributed by atoms with Crippen molar-refractivity contribution >= 4 is 29.6 Å². The number of cyclic esters (lactones) is 2. The number of halogens is 1. The normalized spacial score (nSPS) is 17.7. The predicted molar refractivity (Wildman–Crippen MR) is 67.4 cm³/mol. The first kappa shape index (κ1) is 13.4. The van der Waals surface area contributed by atoms with Gasteiger partial charge in [-0.3, -0.25) is 0 Å². The van der Waals surface area contributed by atoms with Crippen molar-refractivity contribution in [3.8, 4) is 5.75 Å². The fraction of sp³-hybridized carbons (Fsp3) is 0.231. The van der Waals surface area contributed by atoms with Crippen LogP contribution in [0.25, 0.3) is 6.08 Å². The van der Waals surface area contributed by atoms with Gasteiger partial charge in [0.15, 0.2) is 0 Å². The van der Waals surface area contributed by atoms with Gasteiger partial charge in [-0.25, -0.2) is 9.59 Å². The number of phenols is 1. The summed E-state index contributed by atoms with van der Waals surface area (Å²) in [5, 5.41) is 9.43. The summed E-state index contributed by atoms with van der Waals surface area (Å²) < 4.78 is 9.90. The van der Waals surface area contributed by atoms with Gasteiger partial charge in [0.1, 0.15) is 11.3 Å². The molecule has 0 aromatic heterocycles. The molecule has 1 aromatic rings. The Labute approximate surface area is 114 Å². The lowest BCUT2D eigenvalue weighted by Gasteiger charge is -2.29. The van der Waals surface area contributed by atoms with Crippen LogP contribution in [-0.2, 0) is 19.1 Å². The van der Waals surface area contributed by atoms with Crippen molar-refractivity contribution in [1.82, 2.24) is 0 Å². The third kappa shape index (κ3) is 2.88. The van der Waals surface area contributed by atoms with Crippen molar-refractivity contribution in [3.05, 3.63) is 34.4 Å². The summed E-state index contributed by atoms with van der Waals surface area (Å²) in [7, 11) is 0. The van der Waals surface area contributed by atoms with Gasteiger partial charge in [-0.2, -0.15) is 0 Å². The van der Waals surface area contributed by atoms with Crippen LogP contribution in [0.15, 0.2) is 23.8 Å². The lowest BCUT2D eigenvalue weighted by atomic mass is 10.1. The third-order valence-corrected chi connectivity index (χ3v) is 2.73. The molecule has 1 aromatic carbocycles. The number of benzene rings is 1. The molecule has 100 valence electrons. The molecular formula is C13H11ClO5. The highest BCUT2D eigenvalue weighted by atomic mass is 35.5. The number of esters is 2. The molecule has 6 heteroatoms. The number of ether oxygens (including phenoxy) is 2. The van der Waals surface area contributed by atoms with Crippen molar-refractivity contribution in [3.63, 3.8) is 0 Å². The van der Waals surface area contributed by atoms with Crippen molar-refractivity contribution in [2.75, 3.05) is 0 Å². The number of aromatic hydroxyl groups is 1. The topological polar surface area (TPSA) is 72.8 Å². The molecule has 0 radical (unpaired) electrons. The molecule has 19 heavy (non-hydrogen) atoms. The number of carbonyl (C=O) groups excluding carboxylic acids is 2. The molecule has 1 N–H and O–H groups in total. The van der Waals surface area contributed by atoms with Crippen LogP contribution in [0.2, 0.25) is 5.02 Å². The Bertz CT molecular complexity index is 567. The third-order valence-electron chi connectivity index (χ3n) is 2.40. The molecule has 0 spiro atoms. The van der Waals surface area contributed by atoms with Crippen LogP contribution >= 0.6 is 11.6 Å². The molecule has 0 aliphatic carbocycles. The van der Waals surface area contributed by atoms with E-state index in [1.165, 1.54) is 38.1 Å². The van der Waals surface area contributed by atoms with Gasteiger partial charge in [-0.1, -0.05) is 11.6 Å². The molecule has 0 saturated carbocycles. The van der Waals surface area contributed by atoms with Crippen LogP contribution < -0.4 is 0 Å². The van der Waals surface area contributed by atoms with Crippen LogP contribution in [-0.4, -0.2) is 22.8 Å². The zero-order chi connectivity index (χ0) is 14.2. The maximum absolute atomic E-state index is 11.7. The van der Waals surface area contributed by atoms with Crippen LogP contribution in [0, 0.1) is 0 Å². The highest BCUT2D eigenvalue weighted by molar-refractivity contribution is 6.32. The Morgan fingerprint density at radius 2 is 1.79 bits per heavy atom. The lowest BCUT2D eigenvalue weighted by Crippen LogP contribution is -2.41. The Hall–Kier alpha value is -2.01. The van der Waals surface area contributed by atoms with E-state index in [4.69, 9.17) is 21.1 Å². The Morgan fingerprint density at radius 3 is 2.32 bits per heavy atom. The van der Waals surface area contributed by atoms with Gasteiger partial charge in [0.05, 0.1) is 5.02 Å². The quantitative estimate of drug-likeness (QED) is 0.486. The molecule has 1 fully saturated rings. The first-order valence-corrected chi connectivity index (χ1v) is 5.83.